The Morgan fingerprint density at radius 2 is 1.75 bits per heavy atom. The zero-order valence-electron chi connectivity index (χ0n) is 12.8. The summed E-state index contributed by atoms with van der Waals surface area (Å²) >= 11 is 17.6. The first-order valence-corrected chi connectivity index (χ1v) is 9.89. The summed E-state index contributed by atoms with van der Waals surface area (Å²) < 4.78 is 3.09. The van der Waals surface area contributed by atoms with Gasteiger partial charge in [-0.15, -0.1) is 10.2 Å². The second-order valence-corrected chi connectivity index (χ2v) is 7.63. The predicted octanol–water partition coefficient (Wildman–Crippen LogP) is 6.33. The quantitative estimate of drug-likeness (QED) is 0.432. The smallest absolute Gasteiger partial charge is 0.191 e. The summed E-state index contributed by atoms with van der Waals surface area (Å²) in [5, 5.41) is 10.9. The molecular weight excluding hydrogens is 429 g/mol. The lowest BCUT2D eigenvalue weighted by atomic mass is 10.2. The molecule has 0 saturated heterocycles. The van der Waals surface area contributed by atoms with Gasteiger partial charge in [-0.2, -0.15) is 0 Å². The molecule has 124 valence electrons. The minimum absolute atomic E-state index is 0.645. The molecule has 0 radical (unpaired) electrons. The fourth-order valence-corrected chi connectivity index (χ4v) is 4.54. The molecule has 2 aromatic carbocycles. The van der Waals surface area contributed by atoms with Crippen molar-refractivity contribution in [1.82, 2.24) is 14.8 Å². The average Bonchev–Trinajstić information content (AvgIpc) is 2.97. The highest BCUT2D eigenvalue weighted by Crippen LogP contribution is 2.33. The van der Waals surface area contributed by atoms with Gasteiger partial charge >= 0.3 is 0 Å². The van der Waals surface area contributed by atoms with Crippen LogP contribution in [0, 0.1) is 0 Å². The highest BCUT2D eigenvalue weighted by Gasteiger charge is 2.16. The maximum Gasteiger partial charge on any atom is 0.191 e. The normalized spacial score (nSPS) is 11.0. The minimum atomic E-state index is 0.645. The molecule has 1 heterocycles. The third-order valence-corrected chi connectivity index (χ3v) is 5.95. The standard InChI is InChI=1S/C17H14BrCl2N3S/c1-2-23-16(11-6-3-4-7-13(11)18)21-22-17(23)24-10-12-14(19)8-5-9-15(12)20/h3-9H,2,10H2,1H3. The van der Waals surface area contributed by atoms with Gasteiger partial charge in [0.15, 0.2) is 11.0 Å². The molecule has 7 heteroatoms. The van der Waals surface area contributed by atoms with Gasteiger partial charge in [-0.3, -0.25) is 0 Å². The predicted molar refractivity (Wildman–Crippen MR) is 105 cm³/mol. The van der Waals surface area contributed by atoms with Crippen molar-refractivity contribution in [3.05, 3.63) is 62.5 Å². The van der Waals surface area contributed by atoms with E-state index >= 15 is 0 Å². The Balaban J connectivity index is 1.89. The van der Waals surface area contributed by atoms with Crippen LogP contribution in [-0.2, 0) is 12.3 Å². The van der Waals surface area contributed by atoms with Crippen molar-refractivity contribution in [1.29, 1.82) is 0 Å². The van der Waals surface area contributed by atoms with Gasteiger partial charge in [0.25, 0.3) is 0 Å². The maximum atomic E-state index is 6.24. The number of thioether (sulfide) groups is 1. The van der Waals surface area contributed by atoms with E-state index in [0.717, 1.165) is 33.1 Å². The Morgan fingerprint density at radius 3 is 2.42 bits per heavy atom. The fourth-order valence-electron chi connectivity index (χ4n) is 2.33. The minimum Gasteiger partial charge on any atom is -0.302 e. The molecule has 0 aliphatic heterocycles. The number of hydrogen-bond donors (Lipinski definition) is 0. The molecule has 3 nitrogen and oxygen atoms in total. The number of benzene rings is 2. The van der Waals surface area contributed by atoms with E-state index in [2.05, 4.69) is 37.6 Å². The Labute approximate surface area is 163 Å². The van der Waals surface area contributed by atoms with E-state index in [1.54, 1.807) is 11.8 Å². The van der Waals surface area contributed by atoms with Crippen molar-refractivity contribution in [2.75, 3.05) is 0 Å². The number of hydrogen-bond acceptors (Lipinski definition) is 3. The summed E-state index contributed by atoms with van der Waals surface area (Å²) in [4.78, 5) is 0. The van der Waals surface area contributed by atoms with Gasteiger partial charge in [0.1, 0.15) is 0 Å². The zero-order chi connectivity index (χ0) is 17.1. The van der Waals surface area contributed by atoms with Crippen LogP contribution in [-0.4, -0.2) is 14.8 Å². The number of halogens is 3. The van der Waals surface area contributed by atoms with Crippen LogP contribution in [0.4, 0.5) is 0 Å². The van der Waals surface area contributed by atoms with Gasteiger partial charge in [0.05, 0.1) is 0 Å². The molecule has 3 rings (SSSR count). The van der Waals surface area contributed by atoms with Crippen LogP contribution in [0.5, 0.6) is 0 Å². The summed E-state index contributed by atoms with van der Waals surface area (Å²) in [6, 6.07) is 13.5. The van der Waals surface area contributed by atoms with Crippen LogP contribution in [0.25, 0.3) is 11.4 Å². The molecule has 0 fully saturated rings. The van der Waals surface area contributed by atoms with Crippen LogP contribution >= 0.6 is 50.9 Å². The second-order valence-electron chi connectivity index (χ2n) is 5.02. The van der Waals surface area contributed by atoms with Crippen LogP contribution in [0.1, 0.15) is 12.5 Å². The van der Waals surface area contributed by atoms with E-state index in [0.29, 0.717) is 15.8 Å². The molecule has 3 aromatic rings. The van der Waals surface area contributed by atoms with Crippen molar-refractivity contribution in [2.45, 2.75) is 24.4 Å². The maximum absolute atomic E-state index is 6.24. The van der Waals surface area contributed by atoms with Crippen molar-refractivity contribution >= 4 is 50.9 Å². The summed E-state index contributed by atoms with van der Waals surface area (Å²) in [7, 11) is 0. The molecule has 24 heavy (non-hydrogen) atoms. The molecule has 0 bridgehead atoms. The lowest BCUT2D eigenvalue weighted by Crippen LogP contribution is -2.00. The van der Waals surface area contributed by atoms with Gasteiger partial charge in [0, 0.05) is 32.4 Å². The number of rotatable bonds is 5. The molecule has 0 aliphatic carbocycles. The van der Waals surface area contributed by atoms with Crippen molar-refractivity contribution in [3.63, 3.8) is 0 Å². The van der Waals surface area contributed by atoms with Crippen molar-refractivity contribution in [2.24, 2.45) is 0 Å². The lowest BCUT2D eigenvalue weighted by molar-refractivity contribution is 0.687. The van der Waals surface area contributed by atoms with Crippen LogP contribution < -0.4 is 0 Å². The fraction of sp³-hybridized carbons (Fsp3) is 0.176. The van der Waals surface area contributed by atoms with Crippen molar-refractivity contribution in [3.8, 4) is 11.4 Å². The third kappa shape index (κ3) is 3.64. The average molecular weight is 443 g/mol. The first kappa shape index (κ1) is 17.8. The second kappa shape index (κ2) is 7.91. The largest absolute Gasteiger partial charge is 0.302 e. The molecule has 0 atom stereocenters. The van der Waals surface area contributed by atoms with Crippen LogP contribution in [0.3, 0.4) is 0 Å². The van der Waals surface area contributed by atoms with E-state index in [9.17, 15) is 0 Å². The van der Waals surface area contributed by atoms with Crippen LogP contribution in [0.2, 0.25) is 10.0 Å². The van der Waals surface area contributed by atoms with Gasteiger partial charge in [0.2, 0.25) is 0 Å². The molecule has 0 aliphatic rings. The molecule has 0 saturated carbocycles. The third-order valence-electron chi connectivity index (χ3n) is 3.56. The van der Waals surface area contributed by atoms with E-state index < -0.39 is 0 Å². The summed E-state index contributed by atoms with van der Waals surface area (Å²) in [5.41, 5.74) is 1.94. The first-order valence-electron chi connectivity index (χ1n) is 7.35. The molecule has 0 spiro atoms. The Bertz CT molecular complexity index is 847. The Kier molecular flexibility index (Phi) is 5.87. The molecule has 0 N–H and O–H groups in total. The van der Waals surface area contributed by atoms with Crippen molar-refractivity contribution < 1.29 is 0 Å². The lowest BCUT2D eigenvalue weighted by Gasteiger charge is -2.09. The van der Waals surface area contributed by atoms with E-state index in [1.165, 1.54) is 0 Å². The van der Waals surface area contributed by atoms with Crippen LogP contribution in [0.15, 0.2) is 52.1 Å². The topological polar surface area (TPSA) is 30.7 Å². The highest BCUT2D eigenvalue weighted by molar-refractivity contribution is 9.10. The summed E-state index contributed by atoms with van der Waals surface area (Å²) in [6.07, 6.45) is 0. The van der Waals surface area contributed by atoms with Gasteiger partial charge in [-0.05, 0) is 30.7 Å². The van der Waals surface area contributed by atoms with E-state index in [4.69, 9.17) is 23.2 Å². The Morgan fingerprint density at radius 1 is 1.04 bits per heavy atom. The molecule has 0 unspecified atom stereocenters. The summed E-state index contributed by atoms with van der Waals surface area (Å²) in [6.45, 7) is 2.86. The molecular formula is C17H14BrCl2N3S. The monoisotopic (exact) mass is 441 g/mol. The molecule has 0 amide bonds. The van der Waals surface area contributed by atoms with E-state index in [-0.39, 0.29) is 0 Å². The summed E-state index contributed by atoms with van der Waals surface area (Å²) in [5.74, 6) is 1.49. The number of aromatic nitrogens is 3. The van der Waals surface area contributed by atoms with Gasteiger partial charge < -0.3 is 4.57 Å². The van der Waals surface area contributed by atoms with Gasteiger partial charge in [-0.25, -0.2) is 0 Å². The molecule has 1 aromatic heterocycles. The van der Waals surface area contributed by atoms with E-state index in [1.807, 2.05) is 42.5 Å². The van der Waals surface area contributed by atoms with Gasteiger partial charge in [-0.1, -0.05) is 75.2 Å². The Hall–Kier alpha value is -1.01. The zero-order valence-corrected chi connectivity index (χ0v) is 16.8. The SMILES string of the molecule is CCn1c(SCc2c(Cl)cccc2Cl)nnc1-c1ccccc1Br. The highest BCUT2D eigenvalue weighted by atomic mass is 79.9. The first-order chi connectivity index (χ1) is 11.6. The number of nitrogens with zero attached hydrogens (tertiary/aromatic N) is 3.